The van der Waals surface area contributed by atoms with Gasteiger partial charge < -0.3 is 15.5 Å². The lowest BCUT2D eigenvalue weighted by Gasteiger charge is -2.24. The highest BCUT2D eigenvalue weighted by Gasteiger charge is 2.45. The predicted octanol–water partition coefficient (Wildman–Crippen LogP) is 1.77. The first-order valence-corrected chi connectivity index (χ1v) is 6.92. The maximum absolute atomic E-state index is 12.5. The molecule has 1 atom stereocenters. The molecule has 6 nitrogen and oxygen atoms in total. The van der Waals surface area contributed by atoms with Crippen molar-refractivity contribution >= 4 is 11.9 Å². The van der Waals surface area contributed by atoms with Crippen LogP contribution in [0.15, 0.2) is 18.2 Å². The van der Waals surface area contributed by atoms with Crippen LogP contribution in [0, 0.1) is 11.3 Å². The highest BCUT2D eigenvalue weighted by Crippen LogP contribution is 2.27. The zero-order chi connectivity index (χ0) is 15.8. The fraction of sp³-hybridized carbons (Fsp3) is 0.467. The van der Waals surface area contributed by atoms with Gasteiger partial charge in [-0.15, -0.1) is 0 Å². The Morgan fingerprint density at radius 3 is 2.38 bits per heavy atom. The maximum atomic E-state index is 12.5. The lowest BCUT2D eigenvalue weighted by molar-refractivity contribution is -0.131. The van der Waals surface area contributed by atoms with E-state index in [1.807, 2.05) is 13.8 Å². The Morgan fingerprint density at radius 2 is 1.86 bits per heavy atom. The number of phenols is 2. The van der Waals surface area contributed by atoms with Gasteiger partial charge in [0.05, 0.1) is 6.54 Å². The van der Waals surface area contributed by atoms with Crippen molar-refractivity contribution in [3.8, 4) is 11.5 Å². The minimum absolute atomic E-state index is 0.0472. The third kappa shape index (κ3) is 3.09. The van der Waals surface area contributed by atoms with Gasteiger partial charge in [-0.05, 0) is 37.0 Å². The van der Waals surface area contributed by atoms with E-state index >= 15 is 0 Å². The van der Waals surface area contributed by atoms with Crippen LogP contribution in [0.4, 0.5) is 0 Å². The number of benzene rings is 1. The van der Waals surface area contributed by atoms with E-state index in [0.29, 0.717) is 17.9 Å². The standard InChI is InChI=1S/C15H21N3O3/c1-9(2)7-15(3)13(21)18(14(16)17-15)8-10-4-11(19)6-12(20)5-10/h4-6,9,19-20H,7-8H2,1-3H3,(H2,16,17). The summed E-state index contributed by atoms with van der Waals surface area (Å²) in [6.07, 6.45) is 0.635. The summed E-state index contributed by atoms with van der Waals surface area (Å²) in [4.78, 5) is 13.9. The van der Waals surface area contributed by atoms with Crippen LogP contribution < -0.4 is 5.32 Å². The number of hydrogen-bond acceptors (Lipinski definition) is 4. The number of hydrogen-bond donors (Lipinski definition) is 4. The molecule has 1 aliphatic heterocycles. The van der Waals surface area contributed by atoms with E-state index in [2.05, 4.69) is 5.32 Å². The van der Waals surface area contributed by atoms with Crippen molar-refractivity contribution in [3.05, 3.63) is 23.8 Å². The SMILES string of the molecule is CC(C)CC1(C)NC(=N)N(Cc2cc(O)cc(O)c2)C1=O. The molecule has 21 heavy (non-hydrogen) atoms. The molecule has 0 saturated carbocycles. The molecule has 6 heteroatoms. The second-order valence-electron chi connectivity index (χ2n) is 6.15. The molecule has 2 rings (SSSR count). The molecule has 1 saturated heterocycles. The van der Waals surface area contributed by atoms with E-state index in [1.54, 1.807) is 6.92 Å². The van der Waals surface area contributed by atoms with Crippen LogP contribution >= 0.6 is 0 Å². The molecule has 114 valence electrons. The minimum Gasteiger partial charge on any atom is -0.508 e. The molecule has 1 unspecified atom stereocenters. The molecule has 0 radical (unpaired) electrons. The number of rotatable bonds is 4. The van der Waals surface area contributed by atoms with Crippen LogP contribution in [0.3, 0.4) is 0 Å². The lowest BCUT2D eigenvalue weighted by atomic mass is 9.91. The number of carbonyl (C=O) groups is 1. The van der Waals surface area contributed by atoms with Crippen LogP contribution in [-0.2, 0) is 11.3 Å². The number of carbonyl (C=O) groups excluding carboxylic acids is 1. The predicted molar refractivity (Wildman–Crippen MR) is 79.0 cm³/mol. The second kappa shape index (κ2) is 5.27. The van der Waals surface area contributed by atoms with Gasteiger partial charge in [0.15, 0.2) is 5.96 Å². The second-order valence-corrected chi connectivity index (χ2v) is 6.15. The Bertz CT molecular complexity index is 565. The quantitative estimate of drug-likeness (QED) is 0.679. The molecular formula is C15H21N3O3. The number of nitrogens with zero attached hydrogens (tertiary/aromatic N) is 1. The summed E-state index contributed by atoms with van der Waals surface area (Å²) in [5, 5.41) is 29.9. The van der Waals surface area contributed by atoms with Crippen molar-refractivity contribution in [2.24, 2.45) is 5.92 Å². The average Bonchev–Trinajstić information content (AvgIpc) is 2.50. The largest absolute Gasteiger partial charge is 0.508 e. The molecule has 1 amide bonds. The van der Waals surface area contributed by atoms with Crippen molar-refractivity contribution in [1.82, 2.24) is 10.2 Å². The molecule has 1 aromatic rings. The number of amides is 1. The number of nitrogens with one attached hydrogen (secondary N) is 2. The fourth-order valence-electron chi connectivity index (χ4n) is 2.82. The first-order valence-electron chi connectivity index (χ1n) is 6.92. The van der Waals surface area contributed by atoms with Gasteiger partial charge in [0, 0.05) is 6.07 Å². The summed E-state index contributed by atoms with van der Waals surface area (Å²) in [5.74, 6) is 0.0705. The smallest absolute Gasteiger partial charge is 0.255 e. The Morgan fingerprint density at radius 1 is 1.29 bits per heavy atom. The summed E-state index contributed by atoms with van der Waals surface area (Å²) in [7, 11) is 0. The molecule has 0 aliphatic carbocycles. The van der Waals surface area contributed by atoms with Crippen molar-refractivity contribution in [3.63, 3.8) is 0 Å². The number of aromatic hydroxyl groups is 2. The highest BCUT2D eigenvalue weighted by molar-refractivity contribution is 6.07. The third-order valence-electron chi connectivity index (χ3n) is 3.50. The van der Waals surface area contributed by atoms with E-state index in [9.17, 15) is 15.0 Å². The van der Waals surface area contributed by atoms with Crippen LogP contribution in [0.5, 0.6) is 11.5 Å². The van der Waals surface area contributed by atoms with E-state index in [4.69, 9.17) is 5.41 Å². The Balaban J connectivity index is 2.21. The average molecular weight is 291 g/mol. The Labute approximate surface area is 123 Å². The van der Waals surface area contributed by atoms with E-state index < -0.39 is 5.54 Å². The van der Waals surface area contributed by atoms with Gasteiger partial charge in [0.1, 0.15) is 17.0 Å². The van der Waals surface area contributed by atoms with Crippen LogP contribution in [0.25, 0.3) is 0 Å². The van der Waals surface area contributed by atoms with Crippen LogP contribution in [0.1, 0.15) is 32.8 Å². The molecule has 0 spiro atoms. The number of phenolic OH excluding ortho intramolecular Hbond substituents is 2. The summed E-state index contributed by atoms with van der Waals surface area (Å²) in [6.45, 7) is 5.99. The van der Waals surface area contributed by atoms with E-state index in [-0.39, 0.29) is 29.9 Å². The Hall–Kier alpha value is -2.24. The molecule has 4 N–H and O–H groups in total. The van der Waals surface area contributed by atoms with Crippen molar-refractivity contribution in [2.45, 2.75) is 39.3 Å². The van der Waals surface area contributed by atoms with Crippen LogP contribution in [-0.4, -0.2) is 32.5 Å². The Kier molecular flexibility index (Phi) is 3.80. The summed E-state index contributed by atoms with van der Waals surface area (Å²) in [5.41, 5.74) is -0.203. The van der Waals surface area contributed by atoms with Gasteiger partial charge in [-0.25, -0.2) is 0 Å². The van der Waals surface area contributed by atoms with Crippen molar-refractivity contribution in [2.75, 3.05) is 0 Å². The van der Waals surface area contributed by atoms with Gasteiger partial charge >= 0.3 is 0 Å². The molecule has 1 aliphatic rings. The van der Waals surface area contributed by atoms with Gasteiger partial charge in [-0.1, -0.05) is 13.8 Å². The zero-order valence-electron chi connectivity index (χ0n) is 12.5. The zero-order valence-corrected chi connectivity index (χ0v) is 12.5. The first kappa shape index (κ1) is 15.2. The molecular weight excluding hydrogens is 270 g/mol. The minimum atomic E-state index is -0.774. The van der Waals surface area contributed by atoms with Gasteiger partial charge in [-0.3, -0.25) is 15.1 Å². The monoisotopic (exact) mass is 291 g/mol. The molecule has 1 aromatic carbocycles. The van der Waals surface area contributed by atoms with Gasteiger partial charge in [0.2, 0.25) is 0 Å². The fourth-order valence-corrected chi connectivity index (χ4v) is 2.82. The third-order valence-corrected chi connectivity index (χ3v) is 3.50. The molecule has 1 heterocycles. The van der Waals surface area contributed by atoms with Gasteiger partial charge in [0.25, 0.3) is 5.91 Å². The van der Waals surface area contributed by atoms with Crippen molar-refractivity contribution < 1.29 is 15.0 Å². The van der Waals surface area contributed by atoms with Crippen molar-refractivity contribution in [1.29, 1.82) is 5.41 Å². The summed E-state index contributed by atoms with van der Waals surface area (Å²) < 4.78 is 0. The highest BCUT2D eigenvalue weighted by atomic mass is 16.3. The molecule has 0 aromatic heterocycles. The molecule has 0 bridgehead atoms. The van der Waals surface area contributed by atoms with Gasteiger partial charge in [-0.2, -0.15) is 0 Å². The topological polar surface area (TPSA) is 96.7 Å². The van der Waals surface area contributed by atoms with Crippen LogP contribution in [0.2, 0.25) is 0 Å². The maximum Gasteiger partial charge on any atom is 0.255 e. The summed E-state index contributed by atoms with van der Waals surface area (Å²) >= 11 is 0. The number of guanidine groups is 1. The van der Waals surface area contributed by atoms with E-state index in [0.717, 1.165) is 0 Å². The lowest BCUT2D eigenvalue weighted by Crippen LogP contribution is -2.44. The first-order chi connectivity index (χ1) is 9.71. The normalized spacial score (nSPS) is 22.0. The summed E-state index contributed by atoms with van der Waals surface area (Å²) in [6, 6.07) is 4.17. The molecule has 1 fully saturated rings. The van der Waals surface area contributed by atoms with E-state index in [1.165, 1.54) is 23.1 Å².